The Hall–Kier alpha value is -2.87. The number of aryl methyl sites for hydroxylation is 2. The van der Waals surface area contributed by atoms with E-state index in [-0.39, 0.29) is 24.8 Å². The van der Waals surface area contributed by atoms with Gasteiger partial charge in [-0.2, -0.15) is 0 Å². The Labute approximate surface area is 216 Å². The summed E-state index contributed by atoms with van der Waals surface area (Å²) >= 11 is 0. The van der Waals surface area contributed by atoms with Gasteiger partial charge >= 0.3 is 0 Å². The molecule has 0 saturated carbocycles. The van der Waals surface area contributed by atoms with Crippen molar-refractivity contribution in [3.8, 4) is 0 Å². The number of nitrogens with zero attached hydrogens (tertiary/aromatic N) is 2. The lowest BCUT2D eigenvalue weighted by Gasteiger charge is -2.31. The molecule has 7 nitrogen and oxygen atoms in total. The van der Waals surface area contributed by atoms with Gasteiger partial charge in [-0.1, -0.05) is 67.8 Å². The molecule has 0 aliphatic heterocycles. The number of carbonyl (C=O) groups excluding carboxylic acids is 2. The van der Waals surface area contributed by atoms with Crippen LogP contribution in [0, 0.1) is 13.8 Å². The van der Waals surface area contributed by atoms with Crippen molar-refractivity contribution in [3.63, 3.8) is 0 Å². The molecule has 8 heteroatoms. The maximum atomic E-state index is 13.4. The van der Waals surface area contributed by atoms with Gasteiger partial charge in [0.2, 0.25) is 21.8 Å². The molecule has 0 bridgehead atoms. The van der Waals surface area contributed by atoms with Crippen LogP contribution in [0.1, 0.15) is 62.6 Å². The van der Waals surface area contributed by atoms with E-state index in [1.807, 2.05) is 57.2 Å². The molecular weight excluding hydrogens is 474 g/mol. The quantitative estimate of drug-likeness (QED) is 0.373. The monoisotopic (exact) mass is 515 g/mol. The standard InChI is InChI=1S/C28H41N3O4S/c1-6-8-19-29-28(33)26(7-2)30(21-24-15-11-22(3)12-16-24)27(32)10-9-20-31(36(5,34)35)25-17-13-23(4)14-18-25/h11-18,26H,6-10,19-21H2,1-5H3,(H,29,33)/t26-/m0/s1. The van der Waals surface area contributed by atoms with Gasteiger partial charge in [-0.15, -0.1) is 0 Å². The van der Waals surface area contributed by atoms with Crippen LogP contribution >= 0.6 is 0 Å². The summed E-state index contributed by atoms with van der Waals surface area (Å²) in [5.74, 6) is -0.311. The summed E-state index contributed by atoms with van der Waals surface area (Å²) in [6.45, 7) is 9.01. The van der Waals surface area contributed by atoms with Crippen molar-refractivity contribution in [2.45, 2.75) is 72.4 Å². The summed E-state index contributed by atoms with van der Waals surface area (Å²) in [5.41, 5.74) is 3.69. The highest BCUT2D eigenvalue weighted by atomic mass is 32.2. The van der Waals surface area contributed by atoms with Crippen LogP contribution in [0.4, 0.5) is 5.69 Å². The van der Waals surface area contributed by atoms with Gasteiger partial charge in [0.1, 0.15) is 6.04 Å². The number of unbranched alkanes of at least 4 members (excludes halogenated alkanes) is 1. The normalized spacial score (nSPS) is 12.1. The lowest BCUT2D eigenvalue weighted by molar-refractivity contribution is -0.141. The molecule has 2 amide bonds. The predicted molar refractivity (Wildman–Crippen MR) is 146 cm³/mol. The molecule has 1 N–H and O–H groups in total. The number of rotatable bonds is 14. The zero-order chi connectivity index (χ0) is 26.7. The molecule has 0 heterocycles. The average molecular weight is 516 g/mol. The molecule has 0 spiro atoms. The predicted octanol–water partition coefficient (Wildman–Crippen LogP) is 4.57. The second kappa shape index (κ2) is 14.0. The summed E-state index contributed by atoms with van der Waals surface area (Å²) in [6, 6.07) is 14.6. The maximum absolute atomic E-state index is 13.4. The van der Waals surface area contributed by atoms with Gasteiger partial charge in [-0.25, -0.2) is 8.42 Å². The van der Waals surface area contributed by atoms with Gasteiger partial charge in [0, 0.05) is 26.1 Å². The number of hydrogen-bond donors (Lipinski definition) is 1. The summed E-state index contributed by atoms with van der Waals surface area (Å²) < 4.78 is 26.2. The topological polar surface area (TPSA) is 86.8 Å². The molecule has 0 unspecified atom stereocenters. The number of sulfonamides is 1. The molecule has 198 valence electrons. The lowest BCUT2D eigenvalue weighted by atomic mass is 10.1. The van der Waals surface area contributed by atoms with Gasteiger partial charge in [0.05, 0.1) is 11.9 Å². The van der Waals surface area contributed by atoms with Crippen LogP contribution in [0.2, 0.25) is 0 Å². The number of hydrogen-bond acceptors (Lipinski definition) is 4. The van der Waals surface area contributed by atoms with Crippen molar-refractivity contribution >= 4 is 27.5 Å². The van der Waals surface area contributed by atoms with Crippen molar-refractivity contribution < 1.29 is 18.0 Å². The van der Waals surface area contributed by atoms with E-state index in [9.17, 15) is 18.0 Å². The molecule has 0 fully saturated rings. The zero-order valence-electron chi connectivity index (χ0n) is 22.3. The fraction of sp³-hybridized carbons (Fsp3) is 0.500. The van der Waals surface area contributed by atoms with Gasteiger partial charge in [0.25, 0.3) is 0 Å². The minimum absolute atomic E-state index is 0.141. The smallest absolute Gasteiger partial charge is 0.242 e. The van der Waals surface area contributed by atoms with Crippen LogP contribution in [0.15, 0.2) is 48.5 Å². The highest BCUT2D eigenvalue weighted by molar-refractivity contribution is 7.92. The van der Waals surface area contributed by atoms with Crippen molar-refractivity contribution in [3.05, 3.63) is 65.2 Å². The Kier molecular flexibility index (Phi) is 11.4. The van der Waals surface area contributed by atoms with Gasteiger partial charge < -0.3 is 10.2 Å². The first-order valence-corrected chi connectivity index (χ1v) is 14.6. The van der Waals surface area contributed by atoms with Crippen molar-refractivity contribution in [1.82, 2.24) is 10.2 Å². The minimum Gasteiger partial charge on any atom is -0.354 e. The zero-order valence-corrected chi connectivity index (χ0v) is 23.1. The van der Waals surface area contributed by atoms with Crippen LogP contribution < -0.4 is 9.62 Å². The third-order valence-electron chi connectivity index (χ3n) is 6.16. The van der Waals surface area contributed by atoms with Crippen molar-refractivity contribution in [2.24, 2.45) is 0 Å². The summed E-state index contributed by atoms with van der Waals surface area (Å²) in [4.78, 5) is 28.1. The Morgan fingerprint density at radius 1 is 0.917 bits per heavy atom. The van der Waals surface area contributed by atoms with Gasteiger partial charge in [0.15, 0.2) is 0 Å². The fourth-order valence-corrected chi connectivity index (χ4v) is 5.00. The highest BCUT2D eigenvalue weighted by Gasteiger charge is 2.28. The van der Waals surface area contributed by atoms with Crippen LogP contribution in [-0.4, -0.2) is 50.5 Å². The first-order chi connectivity index (χ1) is 17.1. The van der Waals surface area contributed by atoms with Crippen molar-refractivity contribution in [2.75, 3.05) is 23.7 Å². The van der Waals surface area contributed by atoms with E-state index in [4.69, 9.17) is 0 Å². The van der Waals surface area contributed by atoms with E-state index in [1.165, 1.54) is 10.6 Å². The summed E-state index contributed by atoms with van der Waals surface area (Å²) in [6.07, 6.45) is 4.01. The molecule has 36 heavy (non-hydrogen) atoms. The van der Waals surface area contributed by atoms with E-state index in [0.717, 1.165) is 29.5 Å². The molecule has 0 aromatic heterocycles. The number of nitrogens with one attached hydrogen (secondary N) is 1. The van der Waals surface area contributed by atoms with Gasteiger partial charge in [-0.05, 0) is 50.8 Å². The fourth-order valence-electron chi connectivity index (χ4n) is 4.03. The lowest BCUT2D eigenvalue weighted by Crippen LogP contribution is -2.49. The molecule has 0 saturated heterocycles. The summed E-state index contributed by atoms with van der Waals surface area (Å²) in [7, 11) is -3.50. The second-order valence-electron chi connectivity index (χ2n) is 9.35. The number of amides is 2. The molecule has 0 aliphatic rings. The average Bonchev–Trinajstić information content (AvgIpc) is 2.83. The second-order valence-corrected chi connectivity index (χ2v) is 11.3. The van der Waals surface area contributed by atoms with Crippen molar-refractivity contribution in [1.29, 1.82) is 0 Å². The van der Waals surface area contributed by atoms with E-state index >= 15 is 0 Å². The Morgan fingerprint density at radius 2 is 1.50 bits per heavy atom. The maximum Gasteiger partial charge on any atom is 0.242 e. The Bertz CT molecular complexity index is 1080. The number of anilines is 1. The van der Waals surface area contributed by atoms with E-state index in [0.29, 0.717) is 31.6 Å². The molecule has 2 aromatic carbocycles. The highest BCUT2D eigenvalue weighted by Crippen LogP contribution is 2.20. The van der Waals surface area contributed by atoms with Crippen LogP contribution in [0.25, 0.3) is 0 Å². The van der Waals surface area contributed by atoms with E-state index < -0.39 is 16.1 Å². The van der Waals surface area contributed by atoms with E-state index in [1.54, 1.807) is 17.0 Å². The van der Waals surface area contributed by atoms with Crippen LogP contribution in [0.5, 0.6) is 0 Å². The van der Waals surface area contributed by atoms with Crippen LogP contribution in [-0.2, 0) is 26.2 Å². The van der Waals surface area contributed by atoms with Crippen LogP contribution in [0.3, 0.4) is 0 Å². The van der Waals surface area contributed by atoms with E-state index in [2.05, 4.69) is 12.2 Å². The summed E-state index contributed by atoms with van der Waals surface area (Å²) in [5, 5.41) is 2.96. The molecule has 0 aliphatic carbocycles. The third-order valence-corrected chi connectivity index (χ3v) is 7.36. The number of carbonyl (C=O) groups is 2. The minimum atomic E-state index is -3.50. The first-order valence-electron chi connectivity index (χ1n) is 12.7. The Balaban J connectivity index is 2.18. The molecule has 0 radical (unpaired) electrons. The Morgan fingerprint density at radius 3 is 2.03 bits per heavy atom. The molecule has 1 atom stereocenters. The molecule has 2 rings (SSSR count). The molecular formula is C28H41N3O4S. The van der Waals surface area contributed by atoms with Gasteiger partial charge in [-0.3, -0.25) is 13.9 Å². The molecule has 2 aromatic rings. The largest absolute Gasteiger partial charge is 0.354 e. The number of benzene rings is 2. The third kappa shape index (κ3) is 8.97. The first kappa shape index (κ1) is 29.4. The SMILES string of the molecule is CCCCNC(=O)[C@H](CC)N(Cc1ccc(C)cc1)C(=O)CCCN(c1ccc(C)cc1)S(C)(=O)=O.